The molecule has 5 nitrogen and oxygen atoms in total. The fourth-order valence-electron chi connectivity index (χ4n) is 2.60. The summed E-state index contributed by atoms with van der Waals surface area (Å²) in [5.74, 6) is -0.363. The summed E-state index contributed by atoms with van der Waals surface area (Å²) in [5.41, 5.74) is 0. The Morgan fingerprint density at radius 1 is 0.833 bits per heavy atom. The quantitative estimate of drug-likeness (QED) is 0.356. The van der Waals surface area contributed by atoms with E-state index in [0.29, 0.717) is 13.2 Å². The summed E-state index contributed by atoms with van der Waals surface area (Å²) in [4.78, 5) is 25.6. The lowest BCUT2D eigenvalue weighted by atomic mass is 10.0. The molecule has 0 N–H and O–H groups in total. The maximum Gasteiger partial charge on any atom is 0.410 e. The first kappa shape index (κ1) is 22.7. The highest BCUT2D eigenvalue weighted by Crippen LogP contribution is 2.13. The number of ether oxygens (including phenoxy) is 2. The number of amides is 1. The number of carbonyl (C=O) groups is 2. The summed E-state index contributed by atoms with van der Waals surface area (Å²) in [6, 6.07) is -0.598. The summed E-state index contributed by atoms with van der Waals surface area (Å²) in [6.07, 6.45) is 8.53. The molecule has 0 saturated heterocycles. The molecule has 0 spiro atoms. The number of hydrogen-bond acceptors (Lipinski definition) is 4. The van der Waals surface area contributed by atoms with Gasteiger partial charge in [0, 0.05) is 7.05 Å². The summed E-state index contributed by atoms with van der Waals surface area (Å²) in [5, 5.41) is 0. The molecule has 0 aromatic carbocycles. The van der Waals surface area contributed by atoms with Crippen molar-refractivity contribution in [2.45, 2.75) is 85.1 Å². The Morgan fingerprint density at radius 2 is 1.42 bits per heavy atom. The van der Waals surface area contributed by atoms with Crippen LogP contribution >= 0.6 is 0 Å². The van der Waals surface area contributed by atoms with Gasteiger partial charge in [0.15, 0.2) is 0 Å². The summed E-state index contributed by atoms with van der Waals surface area (Å²) in [6.45, 7) is 8.74. The van der Waals surface area contributed by atoms with Crippen LogP contribution in [-0.4, -0.2) is 43.3 Å². The third-order valence-corrected chi connectivity index (χ3v) is 4.00. The van der Waals surface area contributed by atoms with Crippen LogP contribution in [0.25, 0.3) is 0 Å². The van der Waals surface area contributed by atoms with E-state index in [1.54, 1.807) is 7.05 Å². The molecule has 0 bridgehead atoms. The first-order valence-electron chi connectivity index (χ1n) is 9.51. The van der Waals surface area contributed by atoms with E-state index in [-0.39, 0.29) is 11.9 Å². The molecular formula is C19H37NO4. The molecule has 0 aliphatic rings. The van der Waals surface area contributed by atoms with Crippen molar-refractivity contribution in [1.82, 2.24) is 4.90 Å². The van der Waals surface area contributed by atoms with E-state index in [2.05, 4.69) is 6.92 Å². The molecule has 0 aliphatic carbocycles. The normalized spacial score (nSPS) is 12.1. The molecule has 142 valence electrons. The Morgan fingerprint density at radius 3 is 1.96 bits per heavy atom. The Kier molecular flexibility index (Phi) is 13.4. The molecule has 0 aromatic rings. The molecule has 5 heteroatoms. The van der Waals surface area contributed by atoms with Gasteiger partial charge in [-0.05, 0) is 18.8 Å². The Labute approximate surface area is 148 Å². The first-order valence-corrected chi connectivity index (χ1v) is 9.51. The van der Waals surface area contributed by atoms with Crippen LogP contribution in [0.4, 0.5) is 4.79 Å². The number of esters is 1. The molecular weight excluding hydrogens is 306 g/mol. The molecule has 1 amide bonds. The van der Waals surface area contributed by atoms with Gasteiger partial charge in [-0.15, -0.1) is 0 Å². The minimum atomic E-state index is -0.598. The van der Waals surface area contributed by atoms with Crippen LogP contribution in [0.1, 0.15) is 79.1 Å². The number of likely N-dealkylation sites (N-methyl/N-ethyl adjacent to an activating group) is 1. The number of hydrogen-bond donors (Lipinski definition) is 0. The van der Waals surface area contributed by atoms with E-state index in [1.165, 1.54) is 37.0 Å². The molecule has 0 radical (unpaired) electrons. The van der Waals surface area contributed by atoms with E-state index in [1.807, 2.05) is 20.8 Å². The van der Waals surface area contributed by atoms with Crippen molar-refractivity contribution < 1.29 is 19.1 Å². The van der Waals surface area contributed by atoms with Crippen molar-refractivity contribution in [2.75, 3.05) is 20.3 Å². The number of carbonyl (C=O) groups excluding carboxylic acids is 2. The highest BCUT2D eigenvalue weighted by Gasteiger charge is 2.31. The molecule has 1 atom stereocenters. The number of nitrogens with zero attached hydrogens (tertiary/aromatic N) is 1. The summed E-state index contributed by atoms with van der Waals surface area (Å²) >= 11 is 0. The van der Waals surface area contributed by atoms with E-state index in [9.17, 15) is 9.59 Å². The maximum absolute atomic E-state index is 12.3. The van der Waals surface area contributed by atoms with Crippen LogP contribution in [0.2, 0.25) is 0 Å². The molecule has 0 aromatic heterocycles. The average Bonchev–Trinajstić information content (AvgIpc) is 2.54. The summed E-state index contributed by atoms with van der Waals surface area (Å²) < 4.78 is 10.5. The van der Waals surface area contributed by atoms with E-state index in [4.69, 9.17) is 9.47 Å². The predicted octanol–water partition coefficient (Wildman–Crippen LogP) is 4.78. The highest BCUT2D eigenvalue weighted by molar-refractivity contribution is 5.81. The lowest BCUT2D eigenvalue weighted by molar-refractivity contribution is -0.150. The second-order valence-electron chi connectivity index (χ2n) is 6.70. The van der Waals surface area contributed by atoms with Gasteiger partial charge in [-0.1, -0.05) is 66.2 Å². The van der Waals surface area contributed by atoms with Crippen molar-refractivity contribution in [3.05, 3.63) is 0 Å². The molecule has 1 unspecified atom stereocenters. The fourth-order valence-corrected chi connectivity index (χ4v) is 2.60. The van der Waals surface area contributed by atoms with Crippen molar-refractivity contribution in [3.8, 4) is 0 Å². The lowest BCUT2D eigenvalue weighted by Gasteiger charge is -2.28. The van der Waals surface area contributed by atoms with Crippen LogP contribution in [0.5, 0.6) is 0 Å². The van der Waals surface area contributed by atoms with E-state index < -0.39 is 12.1 Å². The van der Waals surface area contributed by atoms with Gasteiger partial charge >= 0.3 is 12.1 Å². The zero-order chi connectivity index (χ0) is 18.4. The molecule has 0 fully saturated rings. The average molecular weight is 344 g/mol. The Hall–Kier alpha value is -1.26. The van der Waals surface area contributed by atoms with Crippen molar-refractivity contribution in [2.24, 2.45) is 5.92 Å². The van der Waals surface area contributed by atoms with Gasteiger partial charge in [-0.25, -0.2) is 9.59 Å². The monoisotopic (exact) mass is 343 g/mol. The predicted molar refractivity (Wildman–Crippen MR) is 97.0 cm³/mol. The second kappa shape index (κ2) is 14.1. The van der Waals surface area contributed by atoms with Crippen molar-refractivity contribution in [3.63, 3.8) is 0 Å². The molecule has 0 saturated carbocycles. The lowest BCUT2D eigenvalue weighted by Crippen LogP contribution is -2.46. The van der Waals surface area contributed by atoms with Gasteiger partial charge in [-0.2, -0.15) is 0 Å². The SMILES string of the molecule is CCCCCCCCCOC(=O)C(C(C)C)N(C)C(=O)OCCC. The van der Waals surface area contributed by atoms with Crippen LogP contribution in [0, 0.1) is 5.92 Å². The first-order chi connectivity index (χ1) is 11.5. The minimum Gasteiger partial charge on any atom is -0.464 e. The smallest absolute Gasteiger partial charge is 0.410 e. The third kappa shape index (κ3) is 9.78. The molecule has 0 aliphatic heterocycles. The van der Waals surface area contributed by atoms with Gasteiger partial charge in [0.2, 0.25) is 0 Å². The topological polar surface area (TPSA) is 55.8 Å². The van der Waals surface area contributed by atoms with Gasteiger partial charge in [0.25, 0.3) is 0 Å². The Bertz CT molecular complexity index is 344. The largest absolute Gasteiger partial charge is 0.464 e. The van der Waals surface area contributed by atoms with E-state index >= 15 is 0 Å². The fraction of sp³-hybridized carbons (Fsp3) is 0.895. The maximum atomic E-state index is 12.3. The van der Waals surface area contributed by atoms with Crippen LogP contribution < -0.4 is 0 Å². The van der Waals surface area contributed by atoms with Gasteiger partial charge in [0.05, 0.1) is 13.2 Å². The van der Waals surface area contributed by atoms with Crippen LogP contribution in [0.3, 0.4) is 0 Å². The van der Waals surface area contributed by atoms with E-state index in [0.717, 1.165) is 19.3 Å². The van der Waals surface area contributed by atoms with Gasteiger partial charge in [0.1, 0.15) is 6.04 Å². The van der Waals surface area contributed by atoms with Gasteiger partial charge < -0.3 is 9.47 Å². The molecule has 0 rings (SSSR count). The van der Waals surface area contributed by atoms with Crippen molar-refractivity contribution in [1.29, 1.82) is 0 Å². The minimum absolute atomic E-state index is 0.0225. The molecule has 0 heterocycles. The van der Waals surface area contributed by atoms with Gasteiger partial charge in [-0.3, -0.25) is 4.90 Å². The Balaban J connectivity index is 4.14. The second-order valence-corrected chi connectivity index (χ2v) is 6.70. The standard InChI is InChI=1S/C19H37NO4/c1-6-8-9-10-11-12-13-15-23-18(21)17(16(3)4)20(5)19(22)24-14-7-2/h16-17H,6-15H2,1-5H3. The third-order valence-electron chi connectivity index (χ3n) is 4.00. The number of unbranched alkanes of at least 4 members (excludes halogenated alkanes) is 6. The highest BCUT2D eigenvalue weighted by atomic mass is 16.6. The zero-order valence-electron chi connectivity index (χ0n) is 16.3. The van der Waals surface area contributed by atoms with Crippen molar-refractivity contribution >= 4 is 12.1 Å². The zero-order valence-corrected chi connectivity index (χ0v) is 16.3. The molecule has 24 heavy (non-hydrogen) atoms. The van der Waals surface area contributed by atoms with Crippen LogP contribution in [-0.2, 0) is 14.3 Å². The van der Waals surface area contributed by atoms with Crippen LogP contribution in [0.15, 0.2) is 0 Å². The number of rotatable bonds is 13. The summed E-state index contributed by atoms with van der Waals surface area (Å²) in [7, 11) is 1.59.